The zero-order chi connectivity index (χ0) is 33.5. The van der Waals surface area contributed by atoms with Gasteiger partial charge in [-0.2, -0.15) is 0 Å². The van der Waals surface area contributed by atoms with Gasteiger partial charge in [0, 0.05) is 29.9 Å². The van der Waals surface area contributed by atoms with Crippen LogP contribution in [-0.4, -0.2) is 43.8 Å². The first-order valence-corrected chi connectivity index (χ1v) is 18.3. The second-order valence-electron chi connectivity index (χ2n) is 13.0. The Morgan fingerprint density at radius 3 is 2.16 bits per heavy atom. The third-order valence-corrected chi connectivity index (χ3v) is 12.9. The Bertz CT molecular complexity index is 1520. The minimum atomic E-state index is -2.30. The number of ketones is 1. The minimum absolute atomic E-state index is 0.00475. The van der Waals surface area contributed by atoms with Crippen molar-refractivity contribution < 1.29 is 27.9 Å². The largest absolute Gasteiger partial charge is 0.469 e. The number of halogens is 1. The van der Waals surface area contributed by atoms with Crippen molar-refractivity contribution in [3.05, 3.63) is 83.4 Å². The fraction of sp³-hybridized carbons (Fsp3) is 0.417. The predicted molar refractivity (Wildman–Crippen MR) is 181 cm³/mol. The molecule has 1 heterocycles. The van der Waals surface area contributed by atoms with E-state index in [2.05, 4.69) is 39.2 Å². The van der Waals surface area contributed by atoms with Gasteiger partial charge < -0.3 is 19.0 Å². The van der Waals surface area contributed by atoms with Crippen LogP contribution in [0.25, 0.3) is 17.2 Å². The Labute approximate surface area is 268 Å². The molecule has 0 saturated carbocycles. The number of nitrogens with zero attached hydrogens (tertiary/aromatic N) is 1. The zero-order valence-corrected chi connectivity index (χ0v) is 29.0. The lowest BCUT2D eigenvalue weighted by Gasteiger charge is -2.39. The van der Waals surface area contributed by atoms with Crippen LogP contribution in [0.3, 0.4) is 0 Å². The molecule has 9 heteroatoms. The van der Waals surface area contributed by atoms with E-state index in [1.807, 2.05) is 55.7 Å². The second kappa shape index (κ2) is 15.0. The van der Waals surface area contributed by atoms with Crippen molar-refractivity contribution >= 4 is 37.7 Å². The summed E-state index contributed by atoms with van der Waals surface area (Å²) in [4.78, 5) is 39.6. The molecule has 0 aliphatic rings. The maximum Gasteiger partial charge on any atom is 0.308 e. The SMILES string of the molecule is CCn1c(C=CC(=O)C[C@H](CC(=O)OC)O[Si](C)(C)C(C)(C)C)c(-c2ccc(F)cc2)c(C(C)C)c1C(=O)Nc1ccccc1. The van der Waals surface area contributed by atoms with Crippen molar-refractivity contribution in [3.63, 3.8) is 0 Å². The van der Waals surface area contributed by atoms with Crippen LogP contribution in [0.4, 0.5) is 10.1 Å². The molecule has 0 unspecified atom stereocenters. The van der Waals surface area contributed by atoms with Crippen LogP contribution >= 0.6 is 0 Å². The van der Waals surface area contributed by atoms with Crippen molar-refractivity contribution in [3.8, 4) is 11.1 Å². The summed E-state index contributed by atoms with van der Waals surface area (Å²) in [5, 5.41) is 2.90. The molecule has 0 aliphatic carbocycles. The van der Waals surface area contributed by atoms with E-state index in [4.69, 9.17) is 9.16 Å². The van der Waals surface area contributed by atoms with E-state index in [0.29, 0.717) is 23.6 Å². The Hall–Kier alpha value is -3.82. The van der Waals surface area contributed by atoms with Crippen molar-refractivity contribution in [1.82, 2.24) is 4.57 Å². The van der Waals surface area contributed by atoms with Crippen LogP contribution in [0.2, 0.25) is 18.1 Å². The minimum Gasteiger partial charge on any atom is -0.469 e. The molecule has 45 heavy (non-hydrogen) atoms. The molecule has 1 atom stereocenters. The molecular weight excluding hydrogens is 587 g/mol. The van der Waals surface area contributed by atoms with E-state index < -0.39 is 20.4 Å². The van der Waals surface area contributed by atoms with E-state index in [1.165, 1.54) is 25.3 Å². The Morgan fingerprint density at radius 1 is 1.00 bits per heavy atom. The fourth-order valence-electron chi connectivity index (χ4n) is 5.08. The summed E-state index contributed by atoms with van der Waals surface area (Å²) in [5.41, 5.74) is 4.10. The Kier molecular flexibility index (Phi) is 11.9. The van der Waals surface area contributed by atoms with Crippen molar-refractivity contribution in [1.29, 1.82) is 0 Å². The third kappa shape index (κ3) is 8.89. The van der Waals surface area contributed by atoms with Gasteiger partial charge in [-0.1, -0.05) is 65.0 Å². The fourth-order valence-corrected chi connectivity index (χ4v) is 6.43. The van der Waals surface area contributed by atoms with Crippen LogP contribution in [0.5, 0.6) is 0 Å². The van der Waals surface area contributed by atoms with Gasteiger partial charge in [-0.15, -0.1) is 0 Å². The molecule has 0 fully saturated rings. The summed E-state index contributed by atoms with van der Waals surface area (Å²) >= 11 is 0. The number of nitrogens with one attached hydrogen (secondary N) is 1. The van der Waals surface area contributed by atoms with Gasteiger partial charge in [0.05, 0.1) is 19.6 Å². The van der Waals surface area contributed by atoms with Gasteiger partial charge in [-0.3, -0.25) is 14.4 Å². The van der Waals surface area contributed by atoms with Gasteiger partial charge in [-0.25, -0.2) is 4.39 Å². The number of aromatic nitrogens is 1. The molecule has 3 rings (SSSR count). The van der Waals surface area contributed by atoms with Crippen molar-refractivity contribution in [2.24, 2.45) is 0 Å². The molecule has 0 radical (unpaired) electrons. The molecule has 1 amide bonds. The van der Waals surface area contributed by atoms with Gasteiger partial charge >= 0.3 is 5.97 Å². The smallest absolute Gasteiger partial charge is 0.308 e. The summed E-state index contributed by atoms with van der Waals surface area (Å²) in [6, 6.07) is 15.4. The highest BCUT2D eigenvalue weighted by Gasteiger charge is 2.40. The van der Waals surface area contributed by atoms with Gasteiger partial charge in [0.25, 0.3) is 5.91 Å². The van der Waals surface area contributed by atoms with E-state index in [-0.39, 0.29) is 41.3 Å². The number of ether oxygens (including phenoxy) is 1. The summed E-state index contributed by atoms with van der Waals surface area (Å²) in [7, 11) is -0.978. The standard InChI is InChI=1S/C36H47FN2O5Si/c1-10-39-30(21-20-28(40)22-29(23-31(41)43-7)44-45(8,9)36(4,5)6)33(25-16-18-26(37)19-17-25)32(24(2)3)34(39)35(42)38-27-14-12-11-13-15-27/h11-21,24,29H,10,22-23H2,1-9H3,(H,38,42)/t29-/m1/s1. The number of carbonyl (C=O) groups is 3. The summed E-state index contributed by atoms with van der Waals surface area (Å²) in [5.74, 6) is -1.38. The first-order chi connectivity index (χ1) is 21.1. The number of para-hydroxylation sites is 1. The summed E-state index contributed by atoms with van der Waals surface area (Å²) in [6.45, 7) is 16.9. The molecule has 242 valence electrons. The molecule has 0 aliphatic heterocycles. The van der Waals surface area contributed by atoms with Gasteiger partial charge in [0.15, 0.2) is 14.1 Å². The normalized spacial score (nSPS) is 12.9. The highest BCUT2D eigenvalue weighted by molar-refractivity contribution is 6.74. The van der Waals surface area contributed by atoms with Gasteiger partial charge in [0.1, 0.15) is 11.5 Å². The molecule has 1 N–H and O–H groups in total. The maximum atomic E-state index is 14.0. The number of rotatable bonds is 13. The number of allylic oxidation sites excluding steroid dienone is 1. The number of benzene rings is 2. The van der Waals surface area contributed by atoms with Crippen LogP contribution in [0, 0.1) is 5.82 Å². The number of esters is 1. The van der Waals surface area contributed by atoms with E-state index >= 15 is 0 Å². The average Bonchev–Trinajstić information content (AvgIpc) is 3.30. The van der Waals surface area contributed by atoms with Crippen LogP contribution in [-0.2, 0) is 25.3 Å². The average molecular weight is 635 g/mol. The Balaban J connectivity index is 2.11. The number of methoxy groups -OCH3 is 1. The van der Waals surface area contributed by atoms with Crippen molar-refractivity contribution in [2.75, 3.05) is 12.4 Å². The number of amides is 1. The van der Waals surface area contributed by atoms with E-state index in [1.54, 1.807) is 18.2 Å². The predicted octanol–water partition coefficient (Wildman–Crippen LogP) is 8.62. The van der Waals surface area contributed by atoms with Gasteiger partial charge in [0.2, 0.25) is 0 Å². The third-order valence-electron chi connectivity index (χ3n) is 8.36. The highest BCUT2D eigenvalue weighted by atomic mass is 28.4. The Morgan fingerprint density at radius 2 is 1.62 bits per heavy atom. The molecule has 0 spiro atoms. The summed E-state index contributed by atoms with van der Waals surface area (Å²) in [6.07, 6.45) is 2.53. The lowest BCUT2D eigenvalue weighted by atomic mass is 9.92. The van der Waals surface area contributed by atoms with E-state index in [9.17, 15) is 18.8 Å². The zero-order valence-electron chi connectivity index (χ0n) is 28.0. The topological polar surface area (TPSA) is 86.6 Å². The molecule has 2 aromatic carbocycles. The van der Waals surface area contributed by atoms with Gasteiger partial charge in [-0.05, 0) is 78.5 Å². The first-order valence-electron chi connectivity index (χ1n) is 15.4. The highest BCUT2D eigenvalue weighted by Crippen LogP contribution is 2.40. The molecule has 3 aromatic rings. The molecule has 7 nitrogen and oxygen atoms in total. The second-order valence-corrected chi connectivity index (χ2v) is 17.8. The van der Waals surface area contributed by atoms with Crippen LogP contribution in [0.1, 0.15) is 82.0 Å². The number of carbonyl (C=O) groups excluding carboxylic acids is 3. The number of anilines is 1. The molecule has 1 aromatic heterocycles. The monoisotopic (exact) mass is 634 g/mol. The number of hydrogen-bond donors (Lipinski definition) is 1. The lowest BCUT2D eigenvalue weighted by Crippen LogP contribution is -2.44. The lowest BCUT2D eigenvalue weighted by molar-refractivity contribution is -0.142. The quantitative estimate of drug-likeness (QED) is 0.116. The van der Waals surface area contributed by atoms with Crippen LogP contribution in [0.15, 0.2) is 60.7 Å². The molecule has 0 saturated heterocycles. The first kappa shape index (κ1) is 35.7. The van der Waals surface area contributed by atoms with Crippen molar-refractivity contribution in [2.45, 2.75) is 91.1 Å². The maximum absolute atomic E-state index is 14.0. The molecular formula is C36H47FN2O5Si. The molecule has 0 bridgehead atoms. The number of hydrogen-bond acceptors (Lipinski definition) is 5. The van der Waals surface area contributed by atoms with Crippen LogP contribution < -0.4 is 5.32 Å². The summed E-state index contributed by atoms with van der Waals surface area (Å²) < 4.78 is 27.3. The van der Waals surface area contributed by atoms with E-state index in [0.717, 1.165) is 16.7 Å².